The molecule has 0 spiro atoms. The van der Waals surface area contributed by atoms with Gasteiger partial charge in [0.05, 0.1) is 27.2 Å². The van der Waals surface area contributed by atoms with E-state index in [1.54, 1.807) is 0 Å². The van der Waals surface area contributed by atoms with Gasteiger partial charge in [0.25, 0.3) is 0 Å². The van der Waals surface area contributed by atoms with E-state index in [2.05, 4.69) is 0 Å². The van der Waals surface area contributed by atoms with Crippen molar-refractivity contribution in [3.8, 4) is 0 Å². The van der Waals surface area contributed by atoms with Crippen LogP contribution >= 0.6 is 0 Å². The molecule has 0 amide bonds. The summed E-state index contributed by atoms with van der Waals surface area (Å²) in [6.07, 6.45) is 4.10. The molecule has 2 unspecified atom stereocenters. The number of quaternary nitrogens is 1. The van der Waals surface area contributed by atoms with Crippen molar-refractivity contribution in [1.82, 2.24) is 0 Å². The smallest absolute Gasteiger partial charge is 0.306 e. The van der Waals surface area contributed by atoms with Gasteiger partial charge in [-0.2, -0.15) is 0 Å². The molecule has 136 valence electrons. The third-order valence-corrected chi connectivity index (χ3v) is 3.48. The summed E-state index contributed by atoms with van der Waals surface area (Å²) >= 11 is 0. The number of hydrogen-bond acceptors (Lipinski definition) is 5. The van der Waals surface area contributed by atoms with Crippen molar-refractivity contribution in [2.24, 2.45) is 0 Å². The number of nitrogens with zero attached hydrogens (tertiary/aromatic N) is 1. The Kier molecular flexibility index (Phi) is 10.8. The first-order chi connectivity index (χ1) is 10.6. The summed E-state index contributed by atoms with van der Waals surface area (Å²) in [5.74, 6) is -1.57. The van der Waals surface area contributed by atoms with Gasteiger partial charge in [-0.25, -0.2) is 0 Å². The van der Waals surface area contributed by atoms with Gasteiger partial charge in [0.15, 0.2) is 6.10 Å². The van der Waals surface area contributed by atoms with E-state index in [-0.39, 0.29) is 24.9 Å². The fraction of sp³-hybridized carbons (Fsp3) is 0.882. The second-order valence-electron chi connectivity index (χ2n) is 7.20. The molecule has 0 aliphatic rings. The second kappa shape index (κ2) is 11.4. The Morgan fingerprint density at radius 3 is 2.30 bits per heavy atom. The summed E-state index contributed by atoms with van der Waals surface area (Å²) in [5, 5.41) is 20.4. The molecule has 0 fully saturated rings. The number of unbranched alkanes of at least 4 members (excludes halogenated alkanes) is 2. The molecule has 0 aromatic rings. The maximum atomic E-state index is 11.8. The van der Waals surface area contributed by atoms with Crippen LogP contribution in [0, 0.1) is 0 Å². The van der Waals surface area contributed by atoms with Crippen LogP contribution < -0.4 is 5.11 Å². The van der Waals surface area contributed by atoms with Gasteiger partial charge in [0.1, 0.15) is 6.54 Å². The van der Waals surface area contributed by atoms with Gasteiger partial charge in [-0.3, -0.25) is 4.79 Å². The molecule has 0 aromatic heterocycles. The zero-order valence-corrected chi connectivity index (χ0v) is 15.0. The van der Waals surface area contributed by atoms with Crippen LogP contribution in [-0.4, -0.2) is 61.4 Å². The van der Waals surface area contributed by atoms with Crippen LogP contribution in [0.4, 0.5) is 0 Å². The van der Waals surface area contributed by atoms with Crippen molar-refractivity contribution in [2.45, 2.75) is 70.5 Å². The van der Waals surface area contributed by atoms with E-state index < -0.39 is 12.1 Å². The third-order valence-electron chi connectivity index (χ3n) is 3.48. The average molecular weight is 331 g/mol. The van der Waals surface area contributed by atoms with Gasteiger partial charge in [0, 0.05) is 18.8 Å². The summed E-state index contributed by atoms with van der Waals surface area (Å²) in [6, 6.07) is 0. The molecule has 0 saturated heterocycles. The Labute approximate surface area is 140 Å². The molecule has 2 atom stereocenters. The van der Waals surface area contributed by atoms with Crippen LogP contribution in [0.25, 0.3) is 0 Å². The highest BCUT2D eigenvalue weighted by Crippen LogP contribution is 2.11. The molecule has 6 heteroatoms. The highest BCUT2D eigenvalue weighted by atomic mass is 16.5. The number of carbonyl (C=O) groups is 2. The molecule has 0 aliphatic carbocycles. The number of aliphatic carboxylic acids is 1. The summed E-state index contributed by atoms with van der Waals surface area (Å²) in [5.41, 5.74) is 0. The highest BCUT2D eigenvalue weighted by molar-refractivity contribution is 5.70. The quantitative estimate of drug-likeness (QED) is 0.307. The SMILES string of the molecule is CCCC(O)CCCCCC(=O)OC(CC(=O)[O-])C[N+](C)(C)C. The van der Waals surface area contributed by atoms with E-state index >= 15 is 0 Å². The normalized spacial score (nSPS) is 14.3. The van der Waals surface area contributed by atoms with E-state index in [0.717, 1.165) is 32.1 Å². The van der Waals surface area contributed by atoms with Crippen LogP contribution in [-0.2, 0) is 14.3 Å². The highest BCUT2D eigenvalue weighted by Gasteiger charge is 2.22. The lowest BCUT2D eigenvalue weighted by atomic mass is 10.1. The lowest BCUT2D eigenvalue weighted by Gasteiger charge is -2.29. The van der Waals surface area contributed by atoms with Crippen molar-refractivity contribution in [3.63, 3.8) is 0 Å². The number of carboxylic acids is 1. The zero-order valence-electron chi connectivity index (χ0n) is 15.0. The average Bonchev–Trinajstić information content (AvgIpc) is 2.35. The van der Waals surface area contributed by atoms with Crippen molar-refractivity contribution < 1.29 is 29.0 Å². The van der Waals surface area contributed by atoms with E-state index in [0.29, 0.717) is 17.4 Å². The first-order valence-electron chi connectivity index (χ1n) is 8.52. The lowest BCUT2D eigenvalue weighted by Crippen LogP contribution is -2.45. The molecule has 1 N–H and O–H groups in total. The number of carbonyl (C=O) groups excluding carboxylic acids is 2. The van der Waals surface area contributed by atoms with E-state index in [1.165, 1.54) is 0 Å². The summed E-state index contributed by atoms with van der Waals surface area (Å²) in [7, 11) is 5.74. The Morgan fingerprint density at radius 1 is 1.13 bits per heavy atom. The Bertz CT molecular complexity index is 351. The predicted molar refractivity (Wildman–Crippen MR) is 86.4 cm³/mol. The molecule has 0 saturated carbocycles. The fourth-order valence-corrected chi connectivity index (χ4v) is 2.49. The summed E-state index contributed by atoms with van der Waals surface area (Å²) in [6.45, 7) is 2.47. The Hall–Kier alpha value is -1.14. The molecule has 0 aliphatic heterocycles. The Morgan fingerprint density at radius 2 is 1.78 bits per heavy atom. The summed E-state index contributed by atoms with van der Waals surface area (Å²) < 4.78 is 5.79. The van der Waals surface area contributed by atoms with Gasteiger partial charge in [-0.05, 0) is 19.3 Å². The minimum atomic E-state index is -1.21. The first-order valence-corrected chi connectivity index (χ1v) is 8.52. The predicted octanol–water partition coefficient (Wildman–Crippen LogP) is 0.856. The van der Waals surface area contributed by atoms with Gasteiger partial charge >= 0.3 is 5.97 Å². The second-order valence-corrected chi connectivity index (χ2v) is 7.20. The fourth-order valence-electron chi connectivity index (χ4n) is 2.49. The molecule has 23 heavy (non-hydrogen) atoms. The molecule has 0 aromatic carbocycles. The van der Waals surface area contributed by atoms with E-state index in [9.17, 15) is 19.8 Å². The summed E-state index contributed by atoms with van der Waals surface area (Å²) in [4.78, 5) is 22.6. The van der Waals surface area contributed by atoms with E-state index in [1.807, 2.05) is 28.1 Å². The van der Waals surface area contributed by atoms with Crippen LogP contribution in [0.2, 0.25) is 0 Å². The zero-order chi connectivity index (χ0) is 17.9. The van der Waals surface area contributed by atoms with Crippen molar-refractivity contribution >= 4 is 11.9 Å². The van der Waals surface area contributed by atoms with Crippen molar-refractivity contribution in [3.05, 3.63) is 0 Å². The maximum absolute atomic E-state index is 11.8. The number of aliphatic hydroxyl groups is 1. The lowest BCUT2D eigenvalue weighted by molar-refractivity contribution is -0.873. The van der Waals surface area contributed by atoms with Crippen LogP contribution in [0.5, 0.6) is 0 Å². The molecule has 6 nitrogen and oxygen atoms in total. The monoisotopic (exact) mass is 331 g/mol. The molecule has 0 bridgehead atoms. The first kappa shape index (κ1) is 21.9. The molecule has 0 radical (unpaired) electrons. The maximum Gasteiger partial charge on any atom is 0.306 e. The number of likely N-dealkylation sites (N-methyl/N-ethyl adjacent to an activating group) is 1. The van der Waals surface area contributed by atoms with Gasteiger partial charge in [0.2, 0.25) is 0 Å². The number of esters is 1. The third kappa shape index (κ3) is 14.2. The minimum absolute atomic E-state index is 0.246. The van der Waals surface area contributed by atoms with Crippen LogP contribution in [0.3, 0.4) is 0 Å². The van der Waals surface area contributed by atoms with Gasteiger partial charge < -0.3 is 24.2 Å². The number of ether oxygens (including phenoxy) is 1. The topological polar surface area (TPSA) is 86.7 Å². The standard InChI is InChI=1S/C17H33NO5/c1-5-9-14(19)10-7-6-8-11-17(22)23-15(12-16(20)21)13-18(2,3)4/h14-15,19H,5-13H2,1-4H3. The molecule has 0 heterocycles. The molecular weight excluding hydrogens is 298 g/mol. The van der Waals surface area contributed by atoms with Crippen molar-refractivity contribution in [2.75, 3.05) is 27.7 Å². The van der Waals surface area contributed by atoms with Gasteiger partial charge in [-0.15, -0.1) is 0 Å². The van der Waals surface area contributed by atoms with Crippen LogP contribution in [0.15, 0.2) is 0 Å². The largest absolute Gasteiger partial charge is 0.550 e. The number of aliphatic hydroxyl groups excluding tert-OH is 1. The van der Waals surface area contributed by atoms with Gasteiger partial charge in [-0.1, -0.05) is 26.2 Å². The minimum Gasteiger partial charge on any atom is -0.550 e. The number of hydrogen-bond donors (Lipinski definition) is 1. The van der Waals surface area contributed by atoms with E-state index in [4.69, 9.17) is 4.74 Å². The van der Waals surface area contributed by atoms with Crippen molar-refractivity contribution in [1.29, 1.82) is 0 Å². The molecule has 0 rings (SSSR count). The Balaban J connectivity index is 4.01. The molecular formula is C17H33NO5. The number of carboxylic acid groups (broad SMARTS) is 1. The van der Waals surface area contributed by atoms with Crippen LogP contribution in [0.1, 0.15) is 58.3 Å². The number of rotatable bonds is 13.